The van der Waals surface area contributed by atoms with E-state index in [1.54, 1.807) is 0 Å². The molecule has 17 heavy (non-hydrogen) atoms. The zero-order valence-electron chi connectivity index (χ0n) is 8.94. The van der Waals surface area contributed by atoms with Crippen molar-refractivity contribution in [2.75, 3.05) is 13.2 Å². The number of hydrogen-bond donors (Lipinski definition) is 3. The number of hydrogen-bond acceptors (Lipinski definition) is 7. The van der Waals surface area contributed by atoms with Crippen LogP contribution in [0.15, 0.2) is 0 Å². The Hall–Kier alpha value is -2.17. The first-order valence-corrected chi connectivity index (χ1v) is 4.34. The Labute approximate surface area is 95.2 Å². The van der Waals surface area contributed by atoms with Crippen LogP contribution in [0, 0.1) is 20.2 Å². The second kappa shape index (κ2) is 10.4. The van der Waals surface area contributed by atoms with Crippen LogP contribution in [0.25, 0.3) is 0 Å². The van der Waals surface area contributed by atoms with Crippen LogP contribution in [-0.4, -0.2) is 45.6 Å². The third-order valence-corrected chi connectivity index (χ3v) is 1.34. The molecule has 11 heteroatoms. The topological polar surface area (TPSA) is 165 Å². The molecule has 0 fully saturated rings. The lowest BCUT2D eigenvalue weighted by Crippen LogP contribution is -2.34. The zero-order chi connectivity index (χ0) is 13.8. The van der Waals surface area contributed by atoms with Gasteiger partial charge in [-0.1, -0.05) is 0 Å². The molecule has 0 aromatic rings. The predicted molar refractivity (Wildman–Crippen MR) is 51.4 cm³/mol. The minimum absolute atomic E-state index is 0.0215. The number of carboxylic acids is 1. The molecule has 0 aromatic heterocycles. The first-order valence-electron chi connectivity index (χ1n) is 4.34. The third kappa shape index (κ3) is 20.0. The summed E-state index contributed by atoms with van der Waals surface area (Å²) in [6.45, 7) is 1.85. The van der Waals surface area contributed by atoms with Crippen LogP contribution in [0.4, 0.5) is 0 Å². The highest BCUT2D eigenvalue weighted by molar-refractivity contribution is 5.72. The molecule has 0 saturated heterocycles. The first kappa shape index (κ1) is 17.2. The van der Waals surface area contributed by atoms with Gasteiger partial charge in [0.15, 0.2) is 0 Å². The smallest absolute Gasteiger partial charge is 0.320 e. The van der Waals surface area contributed by atoms with Crippen LogP contribution in [0.3, 0.4) is 0 Å². The molecule has 0 radical (unpaired) electrons. The third-order valence-electron chi connectivity index (χ3n) is 1.34. The SMILES string of the molecule is CC(NCCCO[N+](=O)[O-])C(=O)O.O=[N+]([O-])O. The Bertz CT molecular complexity index is 254. The van der Waals surface area contributed by atoms with Gasteiger partial charge in [0.25, 0.3) is 10.2 Å². The highest BCUT2D eigenvalue weighted by Gasteiger charge is 2.08. The molecule has 0 rings (SSSR count). The Morgan fingerprint density at radius 2 is 1.94 bits per heavy atom. The summed E-state index contributed by atoms with van der Waals surface area (Å²) in [5.41, 5.74) is 0. The summed E-state index contributed by atoms with van der Waals surface area (Å²) in [7, 11) is 0. The van der Waals surface area contributed by atoms with Crippen LogP contribution in [-0.2, 0) is 9.63 Å². The number of aliphatic carboxylic acids is 1. The average Bonchev–Trinajstić information content (AvgIpc) is 2.15. The minimum Gasteiger partial charge on any atom is -0.480 e. The van der Waals surface area contributed by atoms with Gasteiger partial charge in [-0.3, -0.25) is 4.79 Å². The van der Waals surface area contributed by atoms with Gasteiger partial charge in [0.2, 0.25) is 0 Å². The first-order chi connectivity index (χ1) is 7.77. The van der Waals surface area contributed by atoms with Crippen LogP contribution in [0.1, 0.15) is 13.3 Å². The second-order valence-electron chi connectivity index (χ2n) is 2.66. The van der Waals surface area contributed by atoms with Crippen molar-refractivity contribution in [3.05, 3.63) is 20.2 Å². The monoisotopic (exact) mass is 255 g/mol. The molecule has 100 valence electrons. The van der Waals surface area contributed by atoms with Crippen molar-refractivity contribution in [3.63, 3.8) is 0 Å². The molecule has 1 unspecified atom stereocenters. The maximum Gasteiger partial charge on any atom is 0.320 e. The van der Waals surface area contributed by atoms with Crippen LogP contribution in [0.2, 0.25) is 0 Å². The van der Waals surface area contributed by atoms with Crippen molar-refractivity contribution in [1.29, 1.82) is 0 Å². The molecule has 0 amide bonds. The lowest BCUT2D eigenvalue weighted by atomic mass is 10.3. The molecule has 11 nitrogen and oxygen atoms in total. The van der Waals surface area contributed by atoms with Gasteiger partial charge in [-0.2, -0.15) is 0 Å². The van der Waals surface area contributed by atoms with Crippen LogP contribution in [0.5, 0.6) is 0 Å². The minimum atomic E-state index is -1.50. The van der Waals surface area contributed by atoms with Crippen molar-refractivity contribution >= 4 is 5.97 Å². The summed E-state index contributed by atoms with van der Waals surface area (Å²) in [6, 6.07) is -0.643. The van der Waals surface area contributed by atoms with Gasteiger partial charge in [0.05, 0.1) is 6.61 Å². The Balaban J connectivity index is 0. The summed E-state index contributed by atoms with van der Waals surface area (Å²) < 4.78 is 0. The zero-order valence-corrected chi connectivity index (χ0v) is 8.94. The molecule has 3 N–H and O–H groups in total. The second-order valence-corrected chi connectivity index (χ2v) is 2.66. The van der Waals surface area contributed by atoms with Crippen molar-refractivity contribution in [3.8, 4) is 0 Å². The summed E-state index contributed by atoms with van der Waals surface area (Å²) >= 11 is 0. The fraction of sp³-hybridized carbons (Fsp3) is 0.833. The lowest BCUT2D eigenvalue weighted by Gasteiger charge is -2.07. The number of carbonyl (C=O) groups is 1. The van der Waals surface area contributed by atoms with E-state index in [2.05, 4.69) is 10.2 Å². The van der Waals surface area contributed by atoms with Crippen molar-refractivity contribution in [2.24, 2.45) is 0 Å². The van der Waals surface area contributed by atoms with E-state index in [-0.39, 0.29) is 6.61 Å². The fourth-order valence-corrected chi connectivity index (χ4v) is 0.617. The van der Waals surface area contributed by atoms with E-state index in [0.29, 0.717) is 13.0 Å². The number of nitrogens with zero attached hydrogens (tertiary/aromatic N) is 2. The molecule has 0 saturated carbocycles. The van der Waals surface area contributed by atoms with Gasteiger partial charge in [-0.05, 0) is 19.9 Å². The summed E-state index contributed by atoms with van der Waals surface area (Å²) in [5.74, 6) is -0.949. The normalized spacial score (nSPS) is 10.6. The van der Waals surface area contributed by atoms with E-state index in [0.717, 1.165) is 0 Å². The van der Waals surface area contributed by atoms with E-state index < -0.39 is 22.2 Å². The quantitative estimate of drug-likeness (QED) is 0.303. The molecule has 0 spiro atoms. The van der Waals surface area contributed by atoms with Crippen molar-refractivity contribution in [1.82, 2.24) is 5.32 Å². The molecule has 0 aliphatic heterocycles. The summed E-state index contributed by atoms with van der Waals surface area (Å²) in [6.07, 6.45) is 0.401. The number of rotatable bonds is 7. The maximum atomic E-state index is 10.3. The van der Waals surface area contributed by atoms with Gasteiger partial charge < -0.3 is 20.5 Å². The standard InChI is InChI=1S/C6H12N2O5.HNO3/c1-5(6(9)10)7-3-2-4-13-8(11)12;2-1(3)4/h5,7H,2-4H2,1H3,(H,9,10);(H,2,3,4). The Morgan fingerprint density at radius 1 is 1.47 bits per heavy atom. The Kier molecular flexibility index (Phi) is 10.5. The van der Waals surface area contributed by atoms with E-state index >= 15 is 0 Å². The molecule has 0 heterocycles. The van der Waals surface area contributed by atoms with Gasteiger partial charge >= 0.3 is 5.97 Å². The molecule has 0 bridgehead atoms. The van der Waals surface area contributed by atoms with Crippen LogP contribution < -0.4 is 5.32 Å². The van der Waals surface area contributed by atoms with Crippen molar-refractivity contribution < 1.29 is 30.1 Å². The van der Waals surface area contributed by atoms with E-state index in [4.69, 9.17) is 20.4 Å². The summed E-state index contributed by atoms with van der Waals surface area (Å²) in [4.78, 5) is 32.3. The largest absolute Gasteiger partial charge is 0.480 e. The molecule has 0 aromatic carbocycles. The van der Waals surface area contributed by atoms with Gasteiger partial charge in [0.1, 0.15) is 6.04 Å². The molecule has 0 aliphatic carbocycles. The number of carboxylic acid groups (broad SMARTS) is 1. The maximum absolute atomic E-state index is 10.3. The number of nitrogens with one attached hydrogen (secondary N) is 1. The van der Waals surface area contributed by atoms with Crippen molar-refractivity contribution in [2.45, 2.75) is 19.4 Å². The highest BCUT2D eigenvalue weighted by atomic mass is 16.9. The van der Waals surface area contributed by atoms with E-state index in [1.165, 1.54) is 6.92 Å². The van der Waals surface area contributed by atoms with E-state index in [1.807, 2.05) is 0 Å². The lowest BCUT2D eigenvalue weighted by molar-refractivity contribution is -0.757. The van der Waals surface area contributed by atoms with Gasteiger partial charge in [-0.25, -0.2) is 0 Å². The van der Waals surface area contributed by atoms with E-state index in [9.17, 15) is 14.9 Å². The molecule has 1 atom stereocenters. The fourth-order valence-electron chi connectivity index (χ4n) is 0.617. The Morgan fingerprint density at radius 3 is 2.29 bits per heavy atom. The highest BCUT2D eigenvalue weighted by Crippen LogP contribution is 1.84. The van der Waals surface area contributed by atoms with Crippen LogP contribution >= 0.6 is 0 Å². The molecular formula is C6H13N3O8. The molecular weight excluding hydrogens is 242 g/mol. The summed E-state index contributed by atoms with van der Waals surface area (Å²) in [5, 5.41) is 33.5. The van der Waals surface area contributed by atoms with Gasteiger partial charge in [0, 0.05) is 0 Å². The average molecular weight is 255 g/mol. The molecule has 0 aliphatic rings. The van der Waals surface area contributed by atoms with Gasteiger partial charge in [-0.15, -0.1) is 20.2 Å². The predicted octanol–water partition coefficient (Wildman–Crippen LogP) is -0.700.